The normalized spacial score (nSPS) is 11.8. The smallest absolute Gasteiger partial charge is 0.495 e. The van der Waals surface area contributed by atoms with Gasteiger partial charge in [-0.15, -0.1) is 13.2 Å². The maximum Gasteiger partial charge on any atom is 0.574 e. The van der Waals surface area contributed by atoms with Gasteiger partial charge in [0.15, 0.2) is 0 Å². The third-order valence-corrected chi connectivity index (χ3v) is 2.49. The summed E-state index contributed by atoms with van der Waals surface area (Å²) in [6.45, 7) is 0. The quantitative estimate of drug-likeness (QED) is 0.619. The van der Waals surface area contributed by atoms with Crippen LogP contribution in [0.25, 0.3) is 0 Å². The van der Waals surface area contributed by atoms with Gasteiger partial charge in [0.05, 0.1) is 18.9 Å². The molecular formula is C9H7BrF5NO2. The topological polar surface area (TPSA) is 31.4 Å². The predicted molar refractivity (Wildman–Crippen MR) is 55.1 cm³/mol. The average Bonchev–Trinajstić information content (AvgIpc) is 2.26. The lowest BCUT2D eigenvalue weighted by Crippen LogP contribution is -2.19. The Kier molecular flexibility index (Phi) is 4.71. The third-order valence-electron chi connectivity index (χ3n) is 1.93. The van der Waals surface area contributed by atoms with Gasteiger partial charge in [-0.2, -0.15) is 0 Å². The molecule has 0 aromatic carbocycles. The van der Waals surface area contributed by atoms with Gasteiger partial charge in [-0.1, -0.05) is 15.9 Å². The molecule has 0 saturated carbocycles. The van der Waals surface area contributed by atoms with E-state index in [1.807, 2.05) is 0 Å². The number of rotatable bonds is 4. The molecular weight excluding hydrogens is 329 g/mol. The summed E-state index contributed by atoms with van der Waals surface area (Å²) in [4.78, 5) is 3.32. The fraction of sp³-hybridized carbons (Fsp3) is 0.444. The standard InChI is InChI=1S/C9H7BrF5NO2/c1-17-5-3-16-8(18-9(13,14)15)4(2-10)6(5)7(11)12/h3,7H,2H2,1H3. The van der Waals surface area contributed by atoms with Gasteiger partial charge in [-0.3, -0.25) is 0 Å². The Bertz CT molecular complexity index is 424. The van der Waals surface area contributed by atoms with Crippen molar-refractivity contribution in [3.05, 3.63) is 17.3 Å². The second-order valence-electron chi connectivity index (χ2n) is 3.01. The monoisotopic (exact) mass is 335 g/mol. The van der Waals surface area contributed by atoms with E-state index in [0.29, 0.717) is 0 Å². The van der Waals surface area contributed by atoms with E-state index in [0.717, 1.165) is 13.3 Å². The molecule has 0 bridgehead atoms. The van der Waals surface area contributed by atoms with Gasteiger partial charge < -0.3 is 9.47 Å². The molecule has 102 valence electrons. The van der Waals surface area contributed by atoms with Gasteiger partial charge in [0.1, 0.15) is 5.75 Å². The molecule has 9 heteroatoms. The van der Waals surface area contributed by atoms with E-state index in [-0.39, 0.29) is 11.1 Å². The van der Waals surface area contributed by atoms with Crippen LogP contribution in [0.1, 0.15) is 17.6 Å². The van der Waals surface area contributed by atoms with E-state index in [9.17, 15) is 22.0 Å². The first-order valence-electron chi connectivity index (χ1n) is 4.45. The second-order valence-corrected chi connectivity index (χ2v) is 3.57. The molecule has 1 aromatic rings. The van der Waals surface area contributed by atoms with Crippen LogP contribution in [0.4, 0.5) is 22.0 Å². The fourth-order valence-corrected chi connectivity index (χ4v) is 1.80. The van der Waals surface area contributed by atoms with Crippen molar-refractivity contribution in [2.75, 3.05) is 7.11 Å². The highest BCUT2D eigenvalue weighted by atomic mass is 79.9. The first-order chi connectivity index (χ1) is 8.30. The molecule has 0 fully saturated rings. The number of methoxy groups -OCH3 is 1. The molecule has 0 atom stereocenters. The molecule has 0 spiro atoms. The molecule has 0 aliphatic heterocycles. The molecule has 1 rings (SSSR count). The third kappa shape index (κ3) is 3.44. The Balaban J connectivity index is 3.33. The van der Waals surface area contributed by atoms with Crippen molar-refractivity contribution in [1.82, 2.24) is 4.98 Å². The van der Waals surface area contributed by atoms with Crippen LogP contribution in [0, 0.1) is 0 Å². The van der Waals surface area contributed by atoms with E-state index in [1.54, 1.807) is 0 Å². The van der Waals surface area contributed by atoms with Crippen molar-refractivity contribution in [3.63, 3.8) is 0 Å². The second kappa shape index (κ2) is 5.68. The molecule has 1 aromatic heterocycles. The van der Waals surface area contributed by atoms with Crippen LogP contribution >= 0.6 is 15.9 Å². The number of hydrogen-bond acceptors (Lipinski definition) is 3. The molecule has 0 unspecified atom stereocenters. The number of alkyl halides is 6. The average molecular weight is 336 g/mol. The summed E-state index contributed by atoms with van der Waals surface area (Å²) in [7, 11) is 1.12. The summed E-state index contributed by atoms with van der Waals surface area (Å²) in [5.74, 6) is -1.22. The lowest BCUT2D eigenvalue weighted by atomic mass is 10.1. The molecule has 3 nitrogen and oxygen atoms in total. The van der Waals surface area contributed by atoms with Gasteiger partial charge in [-0.25, -0.2) is 13.8 Å². The largest absolute Gasteiger partial charge is 0.574 e. The predicted octanol–water partition coefficient (Wildman–Crippen LogP) is 3.82. The van der Waals surface area contributed by atoms with Crippen molar-refractivity contribution in [2.24, 2.45) is 0 Å². The van der Waals surface area contributed by atoms with Crippen LogP contribution in [0.15, 0.2) is 6.20 Å². The lowest BCUT2D eigenvalue weighted by Gasteiger charge is -2.16. The van der Waals surface area contributed by atoms with Gasteiger partial charge in [0.25, 0.3) is 6.43 Å². The minimum atomic E-state index is -5.00. The van der Waals surface area contributed by atoms with E-state index in [2.05, 4.69) is 30.4 Å². The summed E-state index contributed by atoms with van der Waals surface area (Å²) in [5.41, 5.74) is -1.08. The molecule has 0 aliphatic rings. The molecule has 0 saturated heterocycles. The van der Waals surface area contributed by atoms with Gasteiger partial charge in [0.2, 0.25) is 5.88 Å². The van der Waals surface area contributed by atoms with Crippen molar-refractivity contribution >= 4 is 15.9 Å². The highest BCUT2D eigenvalue weighted by Crippen LogP contribution is 2.38. The number of ether oxygens (including phenoxy) is 2. The van der Waals surface area contributed by atoms with E-state index >= 15 is 0 Å². The van der Waals surface area contributed by atoms with E-state index in [4.69, 9.17) is 0 Å². The molecule has 0 amide bonds. The molecule has 0 radical (unpaired) electrons. The van der Waals surface area contributed by atoms with Crippen LogP contribution in [0.2, 0.25) is 0 Å². The summed E-state index contributed by atoms with van der Waals surface area (Å²) < 4.78 is 70.1. The van der Waals surface area contributed by atoms with Crippen molar-refractivity contribution in [1.29, 1.82) is 0 Å². The summed E-state index contributed by atoms with van der Waals surface area (Å²) >= 11 is 2.82. The van der Waals surface area contributed by atoms with Gasteiger partial charge >= 0.3 is 6.36 Å². The lowest BCUT2D eigenvalue weighted by molar-refractivity contribution is -0.276. The Morgan fingerprint density at radius 2 is 2.00 bits per heavy atom. The SMILES string of the molecule is COc1cnc(OC(F)(F)F)c(CBr)c1C(F)F. The summed E-state index contributed by atoms with van der Waals surface area (Å²) in [6.07, 6.45) is -7.25. The number of pyridine rings is 1. The fourth-order valence-electron chi connectivity index (χ4n) is 1.26. The Labute approximate surface area is 107 Å². The number of hydrogen-bond donors (Lipinski definition) is 0. The first-order valence-corrected chi connectivity index (χ1v) is 5.58. The molecule has 0 aliphatic carbocycles. The van der Waals surface area contributed by atoms with Crippen LogP contribution < -0.4 is 9.47 Å². The maximum absolute atomic E-state index is 12.8. The van der Waals surface area contributed by atoms with Crippen molar-refractivity contribution in [2.45, 2.75) is 18.1 Å². The Morgan fingerprint density at radius 1 is 1.39 bits per heavy atom. The number of nitrogens with zero attached hydrogens (tertiary/aromatic N) is 1. The van der Waals surface area contributed by atoms with Crippen molar-refractivity contribution < 1.29 is 31.4 Å². The summed E-state index contributed by atoms with van der Waals surface area (Å²) in [6, 6.07) is 0. The molecule has 0 N–H and O–H groups in total. The highest BCUT2D eigenvalue weighted by molar-refractivity contribution is 9.08. The minimum Gasteiger partial charge on any atom is -0.495 e. The molecule has 1 heterocycles. The van der Waals surface area contributed by atoms with Crippen molar-refractivity contribution in [3.8, 4) is 11.6 Å². The van der Waals surface area contributed by atoms with Crippen LogP contribution in [-0.2, 0) is 5.33 Å². The zero-order valence-electron chi connectivity index (χ0n) is 8.89. The zero-order chi connectivity index (χ0) is 13.9. The Hall–Kier alpha value is -1.12. The minimum absolute atomic E-state index is 0.276. The first kappa shape index (κ1) is 14.9. The maximum atomic E-state index is 12.8. The van der Waals surface area contributed by atoms with E-state index < -0.39 is 29.8 Å². The van der Waals surface area contributed by atoms with Crippen LogP contribution in [0.5, 0.6) is 11.6 Å². The van der Waals surface area contributed by atoms with E-state index in [1.165, 1.54) is 0 Å². The number of halogens is 6. The summed E-state index contributed by atoms with van der Waals surface area (Å²) in [5, 5.41) is -0.276. The van der Waals surface area contributed by atoms with Crippen LogP contribution in [0.3, 0.4) is 0 Å². The Morgan fingerprint density at radius 3 is 2.39 bits per heavy atom. The van der Waals surface area contributed by atoms with Gasteiger partial charge in [-0.05, 0) is 0 Å². The van der Waals surface area contributed by atoms with Crippen LogP contribution in [-0.4, -0.2) is 18.5 Å². The highest BCUT2D eigenvalue weighted by Gasteiger charge is 2.34. The number of aromatic nitrogens is 1. The van der Waals surface area contributed by atoms with Gasteiger partial charge in [0, 0.05) is 10.9 Å². The zero-order valence-corrected chi connectivity index (χ0v) is 10.5. The molecule has 18 heavy (non-hydrogen) atoms.